The molecule has 1 fully saturated rings. The number of ether oxygens (including phenoxy) is 1. The van der Waals surface area contributed by atoms with Gasteiger partial charge in [0.25, 0.3) is 0 Å². The van der Waals surface area contributed by atoms with Crippen LogP contribution >= 0.6 is 0 Å². The Morgan fingerprint density at radius 1 is 1.29 bits per heavy atom. The number of anilines is 2. The third-order valence-corrected chi connectivity index (χ3v) is 2.33. The molecule has 1 aromatic rings. The van der Waals surface area contributed by atoms with Crippen molar-refractivity contribution in [3.8, 4) is 0 Å². The first-order valence-electron chi connectivity index (χ1n) is 4.69. The van der Waals surface area contributed by atoms with Crippen LogP contribution in [-0.2, 0) is 4.74 Å². The van der Waals surface area contributed by atoms with Crippen LogP contribution in [0.1, 0.15) is 0 Å². The summed E-state index contributed by atoms with van der Waals surface area (Å²) < 4.78 is 17.4. The number of nitrogens with zero attached hydrogens (tertiary/aromatic N) is 1. The lowest BCUT2D eigenvalue weighted by Gasteiger charge is -2.28. The summed E-state index contributed by atoms with van der Waals surface area (Å²) in [4.78, 5) is 2.18. The molecule has 2 rings (SSSR count). The fourth-order valence-electron chi connectivity index (χ4n) is 1.58. The summed E-state index contributed by atoms with van der Waals surface area (Å²) in [5.41, 5.74) is 3.18. The van der Waals surface area contributed by atoms with Crippen LogP contribution in [0.15, 0.2) is 24.3 Å². The van der Waals surface area contributed by atoms with Crippen molar-refractivity contribution in [3.05, 3.63) is 24.3 Å². The van der Waals surface area contributed by atoms with E-state index >= 15 is 0 Å². The summed E-state index contributed by atoms with van der Waals surface area (Å²) in [6.45, 7) is 3.23. The Labute approximate surface area is 82.4 Å². The molecule has 0 bridgehead atoms. The van der Waals surface area contributed by atoms with Gasteiger partial charge in [-0.15, -0.1) is 4.48 Å². The minimum atomic E-state index is 0.494. The molecule has 1 aliphatic heterocycles. The number of benzene rings is 1. The number of hydrogen-bond donors (Lipinski definition) is 1. The second kappa shape index (κ2) is 4.28. The Kier molecular flexibility index (Phi) is 2.84. The van der Waals surface area contributed by atoms with E-state index in [0.29, 0.717) is 5.69 Å². The smallest absolute Gasteiger partial charge is 0.0676 e. The van der Waals surface area contributed by atoms with Crippen molar-refractivity contribution in [2.24, 2.45) is 0 Å². The molecule has 1 N–H and O–H groups in total. The van der Waals surface area contributed by atoms with Gasteiger partial charge in [-0.05, 0) is 18.2 Å². The molecule has 0 unspecified atom stereocenters. The van der Waals surface area contributed by atoms with Crippen molar-refractivity contribution in [1.82, 2.24) is 0 Å². The Balaban J connectivity index is 2.13. The van der Waals surface area contributed by atoms with Gasteiger partial charge in [0, 0.05) is 18.8 Å². The summed E-state index contributed by atoms with van der Waals surface area (Å²) in [5.74, 6) is 0. The topological polar surface area (TPSA) is 24.5 Å². The van der Waals surface area contributed by atoms with Crippen LogP contribution in [0.3, 0.4) is 0 Å². The number of nitrogens with one attached hydrogen (secondary N) is 1. The molecule has 76 valence electrons. The fourth-order valence-corrected chi connectivity index (χ4v) is 1.58. The van der Waals surface area contributed by atoms with Crippen molar-refractivity contribution in [1.29, 1.82) is 0 Å². The van der Waals surface area contributed by atoms with E-state index in [0.717, 1.165) is 32.0 Å². The van der Waals surface area contributed by atoms with Crippen LogP contribution in [0.4, 0.5) is 15.9 Å². The largest absolute Gasteiger partial charge is 0.378 e. The van der Waals surface area contributed by atoms with Crippen LogP contribution in [0.2, 0.25) is 0 Å². The Morgan fingerprint density at radius 3 is 2.79 bits per heavy atom. The third kappa shape index (κ3) is 1.96. The monoisotopic (exact) mass is 196 g/mol. The lowest BCUT2D eigenvalue weighted by atomic mass is 10.2. The minimum absolute atomic E-state index is 0.494. The zero-order valence-electron chi connectivity index (χ0n) is 7.87. The van der Waals surface area contributed by atoms with Crippen LogP contribution in [0.5, 0.6) is 0 Å². The van der Waals surface area contributed by atoms with Gasteiger partial charge in [0.2, 0.25) is 0 Å². The first kappa shape index (κ1) is 9.27. The van der Waals surface area contributed by atoms with E-state index in [-0.39, 0.29) is 0 Å². The zero-order chi connectivity index (χ0) is 9.80. The molecular formula is C10H13FN2O. The molecule has 3 nitrogen and oxygen atoms in total. The van der Waals surface area contributed by atoms with Gasteiger partial charge in [-0.2, -0.15) is 0 Å². The highest BCUT2D eigenvalue weighted by Gasteiger charge is 2.10. The maximum absolute atomic E-state index is 12.2. The fraction of sp³-hybridized carbons (Fsp3) is 0.400. The molecule has 4 heteroatoms. The van der Waals surface area contributed by atoms with Gasteiger partial charge in [-0.3, -0.25) is 0 Å². The van der Waals surface area contributed by atoms with E-state index in [2.05, 4.69) is 4.90 Å². The van der Waals surface area contributed by atoms with Crippen molar-refractivity contribution in [2.75, 3.05) is 36.7 Å². The van der Waals surface area contributed by atoms with E-state index in [1.54, 1.807) is 17.7 Å². The highest BCUT2D eigenvalue weighted by Crippen LogP contribution is 2.20. The van der Waals surface area contributed by atoms with Gasteiger partial charge in [-0.25, -0.2) is 5.54 Å². The molecule has 0 spiro atoms. The molecule has 0 aromatic heterocycles. The summed E-state index contributed by atoms with van der Waals surface area (Å²) >= 11 is 0. The summed E-state index contributed by atoms with van der Waals surface area (Å²) in [7, 11) is 0. The molecule has 0 radical (unpaired) electrons. The van der Waals surface area contributed by atoms with Gasteiger partial charge in [-0.1, -0.05) is 6.07 Å². The minimum Gasteiger partial charge on any atom is -0.378 e. The first-order valence-corrected chi connectivity index (χ1v) is 4.69. The average molecular weight is 196 g/mol. The van der Waals surface area contributed by atoms with E-state index in [9.17, 15) is 4.48 Å². The standard InChI is InChI=1S/C10H13FN2O/c11-12-9-2-1-3-10(8-9)13-4-6-14-7-5-13/h1-3,8,12H,4-7H2. The summed E-state index contributed by atoms with van der Waals surface area (Å²) in [5, 5.41) is 0. The highest BCUT2D eigenvalue weighted by atomic mass is 19.2. The van der Waals surface area contributed by atoms with Gasteiger partial charge in [0.05, 0.1) is 18.9 Å². The van der Waals surface area contributed by atoms with Crippen molar-refractivity contribution in [3.63, 3.8) is 0 Å². The normalized spacial score (nSPS) is 16.8. The molecular weight excluding hydrogens is 183 g/mol. The van der Waals surface area contributed by atoms with Gasteiger partial charge >= 0.3 is 0 Å². The molecule has 1 heterocycles. The van der Waals surface area contributed by atoms with Crippen LogP contribution < -0.4 is 10.4 Å². The molecule has 14 heavy (non-hydrogen) atoms. The second-order valence-corrected chi connectivity index (χ2v) is 3.24. The predicted octanol–water partition coefficient (Wildman–Crippen LogP) is 1.82. The maximum Gasteiger partial charge on any atom is 0.0676 e. The summed E-state index contributed by atoms with van der Waals surface area (Å²) in [6, 6.07) is 7.31. The van der Waals surface area contributed by atoms with Crippen molar-refractivity contribution in [2.45, 2.75) is 0 Å². The van der Waals surface area contributed by atoms with Gasteiger partial charge < -0.3 is 9.64 Å². The van der Waals surface area contributed by atoms with Gasteiger partial charge in [0.15, 0.2) is 0 Å². The van der Waals surface area contributed by atoms with Gasteiger partial charge in [0.1, 0.15) is 0 Å². The lowest BCUT2D eigenvalue weighted by Crippen LogP contribution is -2.36. The Morgan fingerprint density at radius 2 is 2.07 bits per heavy atom. The molecule has 0 atom stereocenters. The lowest BCUT2D eigenvalue weighted by molar-refractivity contribution is 0.122. The number of halogens is 1. The third-order valence-electron chi connectivity index (χ3n) is 2.33. The summed E-state index contributed by atoms with van der Waals surface area (Å²) in [6.07, 6.45) is 0. The maximum atomic E-state index is 12.2. The Hall–Kier alpha value is -1.29. The Bertz CT molecular complexity index is 300. The molecule has 1 aliphatic rings. The van der Waals surface area contributed by atoms with Crippen LogP contribution in [0.25, 0.3) is 0 Å². The number of morpholine rings is 1. The van der Waals surface area contributed by atoms with E-state index in [1.165, 1.54) is 0 Å². The molecule has 1 aromatic carbocycles. The highest BCUT2D eigenvalue weighted by molar-refractivity contribution is 5.57. The molecule has 0 aliphatic carbocycles. The predicted molar refractivity (Wildman–Crippen MR) is 54.2 cm³/mol. The second-order valence-electron chi connectivity index (χ2n) is 3.24. The molecule has 0 saturated carbocycles. The SMILES string of the molecule is FNc1cccc(N2CCOCC2)c1. The molecule has 1 saturated heterocycles. The molecule has 0 amide bonds. The van der Waals surface area contributed by atoms with Crippen molar-refractivity contribution >= 4 is 11.4 Å². The first-order chi connectivity index (χ1) is 6.90. The number of rotatable bonds is 2. The number of hydrogen-bond acceptors (Lipinski definition) is 3. The van der Waals surface area contributed by atoms with E-state index in [4.69, 9.17) is 4.74 Å². The van der Waals surface area contributed by atoms with E-state index in [1.807, 2.05) is 12.1 Å². The van der Waals surface area contributed by atoms with Crippen LogP contribution in [-0.4, -0.2) is 26.3 Å². The quantitative estimate of drug-likeness (QED) is 0.730. The van der Waals surface area contributed by atoms with Crippen LogP contribution in [0, 0.1) is 0 Å². The average Bonchev–Trinajstić information content (AvgIpc) is 2.30. The van der Waals surface area contributed by atoms with Crippen molar-refractivity contribution < 1.29 is 9.22 Å². The zero-order valence-corrected chi connectivity index (χ0v) is 7.87. The van der Waals surface area contributed by atoms with E-state index < -0.39 is 0 Å².